The lowest BCUT2D eigenvalue weighted by Crippen LogP contribution is -2.19. The van der Waals surface area contributed by atoms with Gasteiger partial charge >= 0.3 is 0 Å². The fourth-order valence-electron chi connectivity index (χ4n) is 2.16. The van der Waals surface area contributed by atoms with Gasteiger partial charge in [-0.2, -0.15) is 0 Å². The van der Waals surface area contributed by atoms with Gasteiger partial charge in [0.15, 0.2) is 5.17 Å². The topological polar surface area (TPSA) is 41.5 Å². The second-order valence-corrected chi connectivity index (χ2v) is 6.73. The van der Waals surface area contributed by atoms with Crippen molar-refractivity contribution < 1.29 is 4.79 Å². The van der Waals surface area contributed by atoms with E-state index >= 15 is 0 Å². The number of aryl methyl sites for hydroxylation is 2. The number of hydrogen-bond donors (Lipinski definition) is 1. The Morgan fingerprint density at radius 1 is 1.17 bits per heavy atom. The standard InChI is InChI=1S/C18H15ClN2OS/c1-11-7-8-12(2)15(9-11)20-18-21-17(22)16(23-18)10-13-5-3-4-6-14(13)19/h3-10H,1-2H3,(H,20,21,22)/b16-10-. The minimum absolute atomic E-state index is 0.154. The molecule has 0 aliphatic carbocycles. The number of amidine groups is 1. The molecule has 1 aliphatic rings. The lowest BCUT2D eigenvalue weighted by molar-refractivity contribution is -0.115. The van der Waals surface area contributed by atoms with Gasteiger partial charge in [-0.1, -0.05) is 41.9 Å². The highest BCUT2D eigenvalue weighted by molar-refractivity contribution is 8.18. The molecule has 1 N–H and O–H groups in total. The van der Waals surface area contributed by atoms with Crippen LogP contribution in [-0.2, 0) is 4.79 Å². The quantitative estimate of drug-likeness (QED) is 0.793. The number of hydrogen-bond acceptors (Lipinski definition) is 3. The maximum absolute atomic E-state index is 12.1. The first-order valence-electron chi connectivity index (χ1n) is 7.14. The number of carbonyl (C=O) groups is 1. The zero-order valence-corrected chi connectivity index (χ0v) is 14.3. The van der Waals surface area contributed by atoms with Gasteiger partial charge in [0.1, 0.15) is 0 Å². The molecular weight excluding hydrogens is 328 g/mol. The number of halogens is 1. The van der Waals surface area contributed by atoms with E-state index in [1.165, 1.54) is 11.8 Å². The van der Waals surface area contributed by atoms with E-state index in [9.17, 15) is 4.79 Å². The van der Waals surface area contributed by atoms with E-state index in [0.717, 1.165) is 22.4 Å². The van der Waals surface area contributed by atoms with Crippen molar-refractivity contribution in [3.05, 3.63) is 69.1 Å². The minimum Gasteiger partial charge on any atom is -0.300 e. The smallest absolute Gasteiger partial charge is 0.264 e. The average molecular weight is 343 g/mol. The SMILES string of the molecule is Cc1ccc(C)c(N=C2NC(=O)/C(=C/c3ccccc3Cl)S2)c1. The molecule has 0 bridgehead atoms. The molecule has 0 saturated carbocycles. The first-order chi connectivity index (χ1) is 11.0. The molecule has 1 heterocycles. The van der Waals surface area contributed by atoms with Crippen molar-refractivity contribution in [3.63, 3.8) is 0 Å². The summed E-state index contributed by atoms with van der Waals surface area (Å²) in [6.45, 7) is 4.02. The lowest BCUT2D eigenvalue weighted by atomic mass is 10.1. The highest BCUT2D eigenvalue weighted by Gasteiger charge is 2.24. The van der Waals surface area contributed by atoms with Crippen molar-refractivity contribution in [1.82, 2.24) is 5.32 Å². The van der Waals surface area contributed by atoms with Crippen LogP contribution in [0.5, 0.6) is 0 Å². The van der Waals surface area contributed by atoms with E-state index in [1.54, 1.807) is 12.1 Å². The molecule has 3 rings (SSSR count). The van der Waals surface area contributed by atoms with Gasteiger partial charge in [-0.15, -0.1) is 0 Å². The Bertz CT molecular complexity index is 843. The number of aliphatic imine (C=N–C) groups is 1. The maximum Gasteiger partial charge on any atom is 0.264 e. The Labute approximate surface area is 144 Å². The molecule has 116 valence electrons. The lowest BCUT2D eigenvalue weighted by Gasteiger charge is -2.02. The molecule has 5 heteroatoms. The molecule has 0 spiro atoms. The van der Waals surface area contributed by atoms with Gasteiger partial charge in [-0.05, 0) is 60.5 Å². The number of benzene rings is 2. The van der Waals surface area contributed by atoms with Gasteiger partial charge in [-0.25, -0.2) is 4.99 Å². The third kappa shape index (κ3) is 3.66. The summed E-state index contributed by atoms with van der Waals surface area (Å²) >= 11 is 7.46. The molecule has 1 aliphatic heterocycles. The molecule has 2 aromatic rings. The van der Waals surface area contributed by atoms with Gasteiger partial charge in [0.2, 0.25) is 0 Å². The molecule has 3 nitrogen and oxygen atoms in total. The van der Waals surface area contributed by atoms with E-state index in [1.807, 2.05) is 50.2 Å². The Morgan fingerprint density at radius 2 is 1.96 bits per heavy atom. The van der Waals surface area contributed by atoms with Crippen molar-refractivity contribution in [1.29, 1.82) is 0 Å². The first-order valence-corrected chi connectivity index (χ1v) is 8.34. The van der Waals surface area contributed by atoms with Crippen LogP contribution in [0, 0.1) is 13.8 Å². The fraction of sp³-hybridized carbons (Fsp3) is 0.111. The van der Waals surface area contributed by atoms with E-state index in [4.69, 9.17) is 11.6 Å². The number of nitrogens with one attached hydrogen (secondary N) is 1. The highest BCUT2D eigenvalue weighted by atomic mass is 35.5. The summed E-state index contributed by atoms with van der Waals surface area (Å²) in [5.74, 6) is -0.154. The molecule has 0 radical (unpaired) electrons. The molecule has 0 aromatic heterocycles. The van der Waals surface area contributed by atoms with Crippen LogP contribution in [0.4, 0.5) is 5.69 Å². The molecular formula is C18H15ClN2OS. The summed E-state index contributed by atoms with van der Waals surface area (Å²) in [5.41, 5.74) is 3.89. The predicted molar refractivity (Wildman–Crippen MR) is 98.2 cm³/mol. The zero-order chi connectivity index (χ0) is 16.4. The predicted octanol–water partition coefficient (Wildman–Crippen LogP) is 4.85. The van der Waals surface area contributed by atoms with E-state index in [0.29, 0.717) is 15.1 Å². The van der Waals surface area contributed by atoms with Crippen LogP contribution >= 0.6 is 23.4 Å². The van der Waals surface area contributed by atoms with Crippen molar-refractivity contribution in [3.8, 4) is 0 Å². The Morgan fingerprint density at radius 3 is 2.74 bits per heavy atom. The summed E-state index contributed by atoms with van der Waals surface area (Å²) < 4.78 is 0. The van der Waals surface area contributed by atoms with Crippen molar-refractivity contribution in [2.45, 2.75) is 13.8 Å². The number of rotatable bonds is 2. The molecule has 1 saturated heterocycles. The van der Waals surface area contributed by atoms with Crippen LogP contribution in [0.2, 0.25) is 5.02 Å². The third-order valence-corrected chi connectivity index (χ3v) is 4.68. The zero-order valence-electron chi connectivity index (χ0n) is 12.8. The van der Waals surface area contributed by atoms with Gasteiger partial charge in [-0.3, -0.25) is 4.79 Å². The molecule has 23 heavy (non-hydrogen) atoms. The van der Waals surface area contributed by atoms with Crippen LogP contribution in [0.1, 0.15) is 16.7 Å². The van der Waals surface area contributed by atoms with Crippen molar-refractivity contribution in [2.75, 3.05) is 0 Å². The van der Waals surface area contributed by atoms with Gasteiger partial charge in [0, 0.05) is 5.02 Å². The molecule has 0 atom stereocenters. The Balaban J connectivity index is 1.89. The van der Waals surface area contributed by atoms with Gasteiger partial charge in [0.25, 0.3) is 5.91 Å². The number of carbonyl (C=O) groups excluding carboxylic acids is 1. The minimum atomic E-state index is -0.154. The Kier molecular flexibility index (Phi) is 4.55. The molecule has 2 aromatic carbocycles. The first kappa shape index (κ1) is 15.8. The maximum atomic E-state index is 12.1. The van der Waals surface area contributed by atoms with Crippen LogP contribution < -0.4 is 5.32 Å². The molecule has 1 amide bonds. The Hall–Kier alpha value is -2.04. The fourth-order valence-corrected chi connectivity index (χ4v) is 3.18. The summed E-state index contributed by atoms with van der Waals surface area (Å²) in [6, 6.07) is 13.5. The molecule has 1 fully saturated rings. The monoisotopic (exact) mass is 342 g/mol. The van der Waals surface area contributed by atoms with Crippen molar-refractivity contribution >= 4 is 46.2 Å². The van der Waals surface area contributed by atoms with Crippen LogP contribution in [0.15, 0.2) is 52.4 Å². The van der Waals surface area contributed by atoms with E-state index in [-0.39, 0.29) is 5.91 Å². The number of thioether (sulfide) groups is 1. The second kappa shape index (κ2) is 6.60. The van der Waals surface area contributed by atoms with Crippen LogP contribution in [-0.4, -0.2) is 11.1 Å². The normalized spacial score (nSPS) is 17.8. The van der Waals surface area contributed by atoms with Crippen molar-refractivity contribution in [2.24, 2.45) is 4.99 Å². The van der Waals surface area contributed by atoms with Crippen LogP contribution in [0.25, 0.3) is 6.08 Å². The van der Waals surface area contributed by atoms with Gasteiger partial charge in [0.05, 0.1) is 10.6 Å². The average Bonchev–Trinajstić information content (AvgIpc) is 2.85. The summed E-state index contributed by atoms with van der Waals surface area (Å²) in [7, 11) is 0. The molecule has 0 unspecified atom stereocenters. The van der Waals surface area contributed by atoms with E-state index < -0.39 is 0 Å². The highest BCUT2D eigenvalue weighted by Crippen LogP contribution is 2.30. The summed E-state index contributed by atoms with van der Waals surface area (Å²) in [5, 5.41) is 4.01. The third-order valence-electron chi connectivity index (χ3n) is 3.43. The van der Waals surface area contributed by atoms with Crippen LogP contribution in [0.3, 0.4) is 0 Å². The van der Waals surface area contributed by atoms with Gasteiger partial charge < -0.3 is 5.32 Å². The summed E-state index contributed by atoms with van der Waals surface area (Å²) in [4.78, 5) is 17.3. The summed E-state index contributed by atoms with van der Waals surface area (Å²) in [6.07, 6.45) is 1.79. The number of amides is 1. The largest absolute Gasteiger partial charge is 0.300 e. The number of nitrogens with zero attached hydrogens (tertiary/aromatic N) is 1. The van der Waals surface area contributed by atoms with E-state index in [2.05, 4.69) is 10.3 Å². The second-order valence-electron chi connectivity index (χ2n) is 5.29.